The monoisotopic (exact) mass is 160 g/mol. The second-order valence-electron chi connectivity index (χ2n) is 3.54. The third kappa shape index (κ3) is 1.16. The number of benzene rings is 1. The van der Waals surface area contributed by atoms with Crippen LogP contribution in [-0.4, -0.2) is 0 Å². The molecular weight excluding hydrogens is 144 g/mol. The lowest BCUT2D eigenvalue weighted by Crippen LogP contribution is -1.98. The van der Waals surface area contributed by atoms with E-state index in [0.717, 1.165) is 5.56 Å². The summed E-state index contributed by atoms with van der Waals surface area (Å²) in [6.07, 6.45) is 0. The van der Waals surface area contributed by atoms with E-state index >= 15 is 0 Å². The van der Waals surface area contributed by atoms with Gasteiger partial charge in [0.1, 0.15) is 0 Å². The van der Waals surface area contributed by atoms with Crippen molar-refractivity contribution in [1.82, 2.24) is 0 Å². The van der Waals surface area contributed by atoms with Gasteiger partial charge in [0.2, 0.25) is 0 Å². The molecule has 0 fully saturated rings. The summed E-state index contributed by atoms with van der Waals surface area (Å²) in [5.74, 6) is 0. The van der Waals surface area contributed by atoms with Crippen LogP contribution < -0.4 is 0 Å². The van der Waals surface area contributed by atoms with Gasteiger partial charge in [-0.2, -0.15) is 0 Å². The minimum atomic E-state index is 0.954. The topological polar surface area (TPSA) is 0 Å². The molecule has 0 unspecified atom stereocenters. The van der Waals surface area contributed by atoms with Gasteiger partial charge in [0.25, 0.3) is 0 Å². The van der Waals surface area contributed by atoms with Crippen molar-refractivity contribution in [3.63, 3.8) is 0 Å². The van der Waals surface area contributed by atoms with E-state index in [1.54, 1.807) is 0 Å². The molecule has 0 aliphatic rings. The largest absolute Gasteiger partial charge is 0.0447 e. The molecule has 2 radical (unpaired) electrons. The first-order valence-electron chi connectivity index (χ1n) is 4.29. The van der Waals surface area contributed by atoms with Crippen LogP contribution in [-0.2, 0) is 0 Å². The second kappa shape index (κ2) is 2.93. The minimum Gasteiger partial charge on any atom is -0.0447 e. The maximum atomic E-state index is 5.95. The number of hydrogen-bond donors (Lipinski definition) is 0. The molecule has 0 spiro atoms. The van der Waals surface area contributed by atoms with Crippen LogP contribution >= 0.6 is 0 Å². The zero-order valence-electron chi connectivity index (χ0n) is 8.58. The van der Waals surface area contributed by atoms with Gasteiger partial charge in [0, 0.05) is 0 Å². The molecule has 0 amide bonds. The fourth-order valence-electron chi connectivity index (χ4n) is 1.53. The van der Waals surface area contributed by atoms with Crippen LogP contribution in [0.4, 0.5) is 0 Å². The summed E-state index contributed by atoms with van der Waals surface area (Å²) in [4.78, 5) is 0. The molecule has 1 aromatic rings. The van der Waals surface area contributed by atoms with E-state index in [-0.39, 0.29) is 0 Å². The molecule has 0 aromatic heterocycles. The first-order chi connectivity index (χ1) is 5.46. The van der Waals surface area contributed by atoms with Gasteiger partial charge < -0.3 is 0 Å². The van der Waals surface area contributed by atoms with Crippen molar-refractivity contribution < 1.29 is 0 Å². The Morgan fingerprint density at radius 3 is 1.17 bits per heavy atom. The summed E-state index contributed by atoms with van der Waals surface area (Å²) in [7, 11) is 0. The van der Waals surface area contributed by atoms with Crippen LogP contribution in [0.2, 0.25) is 0 Å². The van der Waals surface area contributed by atoms with E-state index < -0.39 is 0 Å². The summed E-state index contributed by atoms with van der Waals surface area (Å²) in [5, 5.41) is 0. The molecule has 0 saturated heterocycles. The number of hydrogen-bond acceptors (Lipinski definition) is 0. The van der Waals surface area contributed by atoms with Gasteiger partial charge in [-0.1, -0.05) is 0 Å². The first kappa shape index (κ1) is 9.31. The maximum absolute atomic E-state index is 5.95. The standard InChI is InChI=1S/C12H16/c1-7-8(2)10(4)12(6)11(5)9(7)3/h1H,2-6H3. The lowest BCUT2D eigenvalue weighted by atomic mass is 9.90. The van der Waals surface area contributed by atoms with Gasteiger partial charge in [-0.25, -0.2) is 0 Å². The van der Waals surface area contributed by atoms with Crippen LogP contribution in [0, 0.1) is 41.5 Å². The Labute approximate surface area is 75.6 Å². The van der Waals surface area contributed by atoms with Crippen LogP contribution in [0.5, 0.6) is 0 Å². The Hall–Kier alpha value is -0.780. The van der Waals surface area contributed by atoms with Crippen molar-refractivity contribution >= 4 is 0 Å². The summed E-state index contributed by atoms with van der Waals surface area (Å²) in [6.45, 7) is 16.5. The van der Waals surface area contributed by atoms with Gasteiger partial charge in [-0.05, 0) is 74.9 Å². The van der Waals surface area contributed by atoms with Gasteiger partial charge in [-0.3, -0.25) is 0 Å². The van der Waals surface area contributed by atoms with Gasteiger partial charge in [-0.15, -0.1) is 0 Å². The van der Waals surface area contributed by atoms with Crippen LogP contribution in [0.3, 0.4) is 0 Å². The molecule has 0 nitrogen and oxygen atoms in total. The molecule has 0 aliphatic carbocycles. The minimum absolute atomic E-state index is 0.954. The predicted octanol–water partition coefficient (Wildman–Crippen LogP) is 3.29. The van der Waals surface area contributed by atoms with Crippen molar-refractivity contribution in [2.75, 3.05) is 0 Å². The zero-order chi connectivity index (χ0) is 9.46. The van der Waals surface area contributed by atoms with E-state index in [1.807, 2.05) is 0 Å². The molecular formula is C12H16. The van der Waals surface area contributed by atoms with Crippen LogP contribution in [0.1, 0.15) is 33.4 Å². The Balaban J connectivity index is 3.60. The Kier molecular flexibility index (Phi) is 2.27. The highest BCUT2D eigenvalue weighted by Gasteiger charge is 2.07. The molecule has 12 heavy (non-hydrogen) atoms. The molecule has 1 rings (SSSR count). The molecule has 0 heterocycles. The van der Waals surface area contributed by atoms with Crippen LogP contribution in [0.25, 0.3) is 0 Å². The van der Waals surface area contributed by atoms with E-state index in [9.17, 15) is 0 Å². The lowest BCUT2D eigenvalue weighted by molar-refractivity contribution is 1.15. The molecule has 0 bridgehead atoms. The highest BCUT2D eigenvalue weighted by Crippen LogP contribution is 2.24. The first-order valence-corrected chi connectivity index (χ1v) is 4.29. The van der Waals surface area contributed by atoms with E-state index in [0.29, 0.717) is 0 Å². The molecule has 0 N–H and O–H groups in total. The van der Waals surface area contributed by atoms with E-state index in [4.69, 9.17) is 6.92 Å². The average molecular weight is 160 g/mol. The highest BCUT2D eigenvalue weighted by molar-refractivity contribution is 5.50. The summed E-state index contributed by atoms with van der Waals surface area (Å²) < 4.78 is 0. The molecule has 0 heteroatoms. The van der Waals surface area contributed by atoms with E-state index in [1.165, 1.54) is 27.8 Å². The number of rotatable bonds is 0. The quantitative estimate of drug-likeness (QED) is 0.546. The normalized spacial score (nSPS) is 10.5. The highest BCUT2D eigenvalue weighted by atomic mass is 14.1. The van der Waals surface area contributed by atoms with Gasteiger partial charge in [0.15, 0.2) is 0 Å². The summed E-state index contributed by atoms with van der Waals surface area (Å²) >= 11 is 0. The SMILES string of the molecule is [CH]c1c(C)c(C)c(C)c(C)c1C. The Morgan fingerprint density at radius 1 is 0.583 bits per heavy atom. The second-order valence-corrected chi connectivity index (χ2v) is 3.54. The summed E-state index contributed by atoms with van der Waals surface area (Å²) in [5.41, 5.74) is 7.45. The molecule has 0 saturated carbocycles. The maximum Gasteiger partial charge on any atom is -0.000619 e. The third-order valence-corrected chi connectivity index (χ3v) is 3.06. The van der Waals surface area contributed by atoms with Crippen molar-refractivity contribution in [1.29, 1.82) is 0 Å². The van der Waals surface area contributed by atoms with Crippen molar-refractivity contribution in [3.8, 4) is 0 Å². The molecule has 64 valence electrons. The molecule has 1 aromatic carbocycles. The van der Waals surface area contributed by atoms with Crippen molar-refractivity contribution in [3.05, 3.63) is 40.3 Å². The smallest absolute Gasteiger partial charge is 0.000619 e. The van der Waals surface area contributed by atoms with Crippen molar-refractivity contribution in [2.24, 2.45) is 0 Å². The lowest BCUT2D eigenvalue weighted by Gasteiger charge is -2.15. The Bertz CT molecular complexity index is 214. The molecule has 0 aliphatic heterocycles. The van der Waals surface area contributed by atoms with Gasteiger partial charge in [0.05, 0.1) is 0 Å². The predicted molar refractivity (Wildman–Crippen MR) is 53.5 cm³/mol. The third-order valence-electron chi connectivity index (χ3n) is 3.06. The van der Waals surface area contributed by atoms with E-state index in [2.05, 4.69) is 34.6 Å². The average Bonchev–Trinajstić information content (AvgIpc) is 2.08. The molecule has 0 atom stereocenters. The fraction of sp³-hybridized carbons (Fsp3) is 0.417. The fourth-order valence-corrected chi connectivity index (χ4v) is 1.53. The van der Waals surface area contributed by atoms with Gasteiger partial charge >= 0.3 is 0 Å². The zero-order valence-corrected chi connectivity index (χ0v) is 8.58. The van der Waals surface area contributed by atoms with Crippen LogP contribution in [0.15, 0.2) is 0 Å². The Morgan fingerprint density at radius 2 is 0.833 bits per heavy atom. The van der Waals surface area contributed by atoms with Crippen molar-refractivity contribution in [2.45, 2.75) is 34.6 Å². The summed E-state index contributed by atoms with van der Waals surface area (Å²) in [6, 6.07) is 0.